The van der Waals surface area contributed by atoms with Gasteiger partial charge in [0.15, 0.2) is 0 Å². The average molecular weight is 361 g/mol. The number of aromatic carboxylic acids is 1. The van der Waals surface area contributed by atoms with Crippen molar-refractivity contribution in [3.8, 4) is 11.3 Å². The Morgan fingerprint density at radius 2 is 1.89 bits per heavy atom. The first-order valence-electron chi connectivity index (χ1n) is 8.18. The van der Waals surface area contributed by atoms with Gasteiger partial charge in [-0.05, 0) is 24.3 Å². The van der Waals surface area contributed by atoms with Crippen molar-refractivity contribution in [2.45, 2.75) is 0 Å². The van der Waals surface area contributed by atoms with Crippen LogP contribution in [0, 0.1) is 0 Å². The van der Waals surface area contributed by atoms with Crippen molar-refractivity contribution in [1.29, 1.82) is 0 Å². The Kier molecular flexibility index (Phi) is 3.97. The number of furan rings is 1. The molecule has 2 N–H and O–H groups in total. The van der Waals surface area contributed by atoms with Crippen LogP contribution in [0.15, 0.2) is 65.2 Å². The fourth-order valence-corrected chi connectivity index (χ4v) is 2.92. The van der Waals surface area contributed by atoms with E-state index in [-0.39, 0.29) is 11.3 Å². The first-order valence-corrected chi connectivity index (χ1v) is 8.18. The normalized spacial score (nSPS) is 10.9. The number of carbonyl (C=O) groups is 2. The molecule has 1 amide bonds. The number of nitrogens with zero attached hydrogens (tertiary/aromatic N) is 2. The Morgan fingerprint density at radius 3 is 2.63 bits per heavy atom. The van der Waals surface area contributed by atoms with Crippen molar-refractivity contribution in [2.75, 3.05) is 5.32 Å². The molecule has 0 aliphatic rings. The second-order valence-corrected chi connectivity index (χ2v) is 6.02. The van der Waals surface area contributed by atoms with E-state index < -0.39 is 11.9 Å². The highest BCUT2D eigenvalue weighted by Gasteiger charge is 2.21. The molecule has 0 saturated carbocycles. The summed E-state index contributed by atoms with van der Waals surface area (Å²) in [7, 11) is 1.52. The molecular weight excluding hydrogens is 346 g/mol. The largest absolute Gasteiger partial charge is 0.478 e. The Morgan fingerprint density at radius 1 is 1.11 bits per heavy atom. The standard InChI is InChI=1S/C20H15N3O4/c1-23-18(15(11-21-23)20(25)26)19(24)22-14-7-8-16-13(9-14)10-17(27-16)12-5-3-2-4-6-12/h2-11H,1H3,(H,22,24)(H,25,26). The SMILES string of the molecule is Cn1ncc(C(=O)O)c1C(=O)Nc1ccc2oc(-c3ccccc3)cc2c1. The van der Waals surface area contributed by atoms with Gasteiger partial charge in [-0.1, -0.05) is 30.3 Å². The monoisotopic (exact) mass is 361 g/mol. The second kappa shape index (κ2) is 6.45. The number of benzene rings is 2. The first kappa shape index (κ1) is 16.6. The molecule has 0 saturated heterocycles. The van der Waals surface area contributed by atoms with Crippen molar-refractivity contribution >= 4 is 28.5 Å². The van der Waals surface area contributed by atoms with Crippen LogP contribution in [-0.2, 0) is 7.05 Å². The molecule has 2 aromatic heterocycles. The molecule has 0 atom stereocenters. The van der Waals surface area contributed by atoms with E-state index in [0.29, 0.717) is 11.3 Å². The van der Waals surface area contributed by atoms with Crippen LogP contribution in [0.2, 0.25) is 0 Å². The minimum atomic E-state index is -1.20. The lowest BCUT2D eigenvalue weighted by Gasteiger charge is -2.06. The molecule has 0 radical (unpaired) electrons. The van der Waals surface area contributed by atoms with Crippen LogP contribution in [0.3, 0.4) is 0 Å². The van der Waals surface area contributed by atoms with Gasteiger partial charge in [-0.2, -0.15) is 5.10 Å². The number of carbonyl (C=O) groups excluding carboxylic acids is 1. The average Bonchev–Trinajstić information content (AvgIpc) is 3.25. The third-order valence-corrected chi connectivity index (χ3v) is 4.22. The number of nitrogens with one attached hydrogen (secondary N) is 1. The van der Waals surface area contributed by atoms with Gasteiger partial charge >= 0.3 is 5.97 Å². The molecule has 4 aromatic rings. The molecule has 7 heteroatoms. The molecular formula is C20H15N3O4. The summed E-state index contributed by atoms with van der Waals surface area (Å²) in [5.74, 6) is -1.02. The highest BCUT2D eigenvalue weighted by Crippen LogP contribution is 2.29. The number of hydrogen-bond donors (Lipinski definition) is 2. The van der Waals surface area contributed by atoms with E-state index in [4.69, 9.17) is 4.42 Å². The lowest BCUT2D eigenvalue weighted by molar-refractivity contribution is 0.0692. The number of hydrogen-bond acceptors (Lipinski definition) is 4. The summed E-state index contributed by atoms with van der Waals surface area (Å²) < 4.78 is 7.09. The van der Waals surface area contributed by atoms with Gasteiger partial charge in [0.1, 0.15) is 22.6 Å². The van der Waals surface area contributed by atoms with Gasteiger partial charge in [0.05, 0.1) is 6.20 Å². The zero-order valence-corrected chi connectivity index (χ0v) is 14.3. The summed E-state index contributed by atoms with van der Waals surface area (Å²) in [5, 5.41) is 16.6. The maximum Gasteiger partial charge on any atom is 0.339 e. The first-order chi connectivity index (χ1) is 13.0. The van der Waals surface area contributed by atoms with Crippen LogP contribution in [0.25, 0.3) is 22.3 Å². The van der Waals surface area contributed by atoms with Gasteiger partial charge in [0.25, 0.3) is 5.91 Å². The minimum Gasteiger partial charge on any atom is -0.478 e. The second-order valence-electron chi connectivity index (χ2n) is 6.02. The highest BCUT2D eigenvalue weighted by atomic mass is 16.4. The number of rotatable bonds is 4. The smallest absolute Gasteiger partial charge is 0.339 e. The summed E-state index contributed by atoms with van der Waals surface area (Å²) in [6.45, 7) is 0. The van der Waals surface area contributed by atoms with Gasteiger partial charge in [0.2, 0.25) is 0 Å². The molecule has 0 fully saturated rings. The number of amides is 1. The summed E-state index contributed by atoms with van der Waals surface area (Å²) in [4.78, 5) is 23.8. The van der Waals surface area contributed by atoms with E-state index in [1.54, 1.807) is 18.2 Å². The van der Waals surface area contributed by atoms with Crippen LogP contribution < -0.4 is 5.32 Å². The van der Waals surface area contributed by atoms with Crippen molar-refractivity contribution in [3.05, 3.63) is 72.1 Å². The molecule has 0 bridgehead atoms. The van der Waals surface area contributed by atoms with Gasteiger partial charge in [-0.3, -0.25) is 9.48 Å². The number of fused-ring (bicyclic) bond motifs is 1. The molecule has 27 heavy (non-hydrogen) atoms. The van der Waals surface area contributed by atoms with Crippen molar-refractivity contribution in [3.63, 3.8) is 0 Å². The maximum absolute atomic E-state index is 12.5. The van der Waals surface area contributed by atoms with Crippen LogP contribution in [0.5, 0.6) is 0 Å². The van der Waals surface area contributed by atoms with Crippen molar-refractivity contribution < 1.29 is 19.1 Å². The lowest BCUT2D eigenvalue weighted by Crippen LogP contribution is -2.19. The van der Waals surface area contributed by atoms with Gasteiger partial charge in [-0.15, -0.1) is 0 Å². The number of carboxylic acids is 1. The summed E-state index contributed by atoms with van der Waals surface area (Å²) in [5.41, 5.74) is 2.02. The predicted octanol–water partition coefficient (Wildman–Crippen LogP) is 3.78. The molecule has 7 nitrogen and oxygen atoms in total. The van der Waals surface area contributed by atoms with Crippen LogP contribution >= 0.6 is 0 Å². The van der Waals surface area contributed by atoms with Crippen molar-refractivity contribution in [1.82, 2.24) is 9.78 Å². The van der Waals surface area contributed by atoms with Crippen LogP contribution in [0.4, 0.5) is 5.69 Å². The Balaban J connectivity index is 1.64. The molecule has 0 unspecified atom stereocenters. The summed E-state index contributed by atoms with van der Waals surface area (Å²) in [6, 6.07) is 16.8. The van der Waals surface area contributed by atoms with E-state index in [2.05, 4.69) is 10.4 Å². The zero-order chi connectivity index (χ0) is 19.0. The zero-order valence-electron chi connectivity index (χ0n) is 14.3. The molecule has 0 aliphatic carbocycles. The predicted molar refractivity (Wildman–Crippen MR) is 99.8 cm³/mol. The lowest BCUT2D eigenvalue weighted by atomic mass is 10.1. The Hall–Kier alpha value is -3.87. The number of aryl methyl sites for hydroxylation is 1. The minimum absolute atomic E-state index is 0.0141. The number of aromatic nitrogens is 2. The highest BCUT2D eigenvalue weighted by molar-refractivity contribution is 6.10. The Labute approximate surface area is 153 Å². The molecule has 4 rings (SSSR count). The van der Waals surface area contributed by atoms with E-state index >= 15 is 0 Å². The van der Waals surface area contributed by atoms with Gasteiger partial charge in [0, 0.05) is 23.7 Å². The van der Waals surface area contributed by atoms with E-state index in [0.717, 1.165) is 22.9 Å². The molecule has 0 spiro atoms. The summed E-state index contributed by atoms with van der Waals surface area (Å²) >= 11 is 0. The van der Waals surface area contributed by atoms with Gasteiger partial charge in [-0.25, -0.2) is 4.79 Å². The summed E-state index contributed by atoms with van der Waals surface area (Å²) in [6.07, 6.45) is 1.16. The third kappa shape index (κ3) is 3.06. The quantitative estimate of drug-likeness (QED) is 0.576. The fourth-order valence-electron chi connectivity index (χ4n) is 2.92. The molecule has 2 heterocycles. The van der Waals surface area contributed by atoms with Crippen molar-refractivity contribution in [2.24, 2.45) is 7.05 Å². The number of carboxylic acid groups (broad SMARTS) is 1. The fraction of sp³-hybridized carbons (Fsp3) is 0.0500. The molecule has 134 valence electrons. The number of anilines is 1. The molecule has 2 aromatic carbocycles. The van der Waals surface area contributed by atoms with E-state index in [1.165, 1.54) is 11.7 Å². The maximum atomic E-state index is 12.5. The van der Waals surface area contributed by atoms with Gasteiger partial charge < -0.3 is 14.8 Å². The van der Waals surface area contributed by atoms with Crippen LogP contribution in [0.1, 0.15) is 20.8 Å². The third-order valence-electron chi connectivity index (χ3n) is 4.22. The van der Waals surface area contributed by atoms with Crippen LogP contribution in [-0.4, -0.2) is 26.8 Å². The Bertz CT molecular complexity index is 1160. The molecule has 0 aliphatic heterocycles. The van der Waals surface area contributed by atoms with E-state index in [1.807, 2.05) is 36.4 Å². The van der Waals surface area contributed by atoms with E-state index in [9.17, 15) is 14.7 Å². The topological polar surface area (TPSA) is 97.4 Å².